The van der Waals surface area contributed by atoms with E-state index in [9.17, 15) is 0 Å². The molecule has 0 aliphatic rings. The average Bonchev–Trinajstić information content (AvgIpc) is 2.18. The maximum absolute atomic E-state index is 3.91. The summed E-state index contributed by atoms with van der Waals surface area (Å²) in [7, 11) is 0. The molecule has 1 rings (SSSR count). The maximum Gasteiger partial charge on any atom is 0.0544 e. The predicted molar refractivity (Wildman–Crippen MR) is 57.9 cm³/mol. The summed E-state index contributed by atoms with van der Waals surface area (Å²) in [5, 5.41) is 11.2. The Morgan fingerprint density at radius 2 is 2.14 bits per heavy atom. The molecule has 1 unspecified atom stereocenters. The van der Waals surface area contributed by atoms with Gasteiger partial charge < -0.3 is 5.32 Å². The molecule has 3 nitrogen and oxygen atoms in total. The highest BCUT2D eigenvalue weighted by atomic mass is 15.1. The number of hydrogen-bond acceptors (Lipinski definition) is 3. The fourth-order valence-electron chi connectivity index (χ4n) is 1.56. The van der Waals surface area contributed by atoms with E-state index >= 15 is 0 Å². The molecule has 0 bridgehead atoms. The van der Waals surface area contributed by atoms with Crippen LogP contribution < -0.4 is 5.32 Å². The average molecular weight is 193 g/mol. The minimum Gasteiger partial charge on any atom is -0.310 e. The van der Waals surface area contributed by atoms with Gasteiger partial charge in [-0.15, -0.1) is 0 Å². The van der Waals surface area contributed by atoms with Gasteiger partial charge in [0.15, 0.2) is 0 Å². The standard InChI is InChI=1S/C11H19N3/c1-4-12-11(7-9(2)3)10-5-6-13-14-8-10/h5-6,8-9,11-12H,4,7H2,1-3H3. The number of aromatic nitrogens is 2. The van der Waals surface area contributed by atoms with Crippen molar-refractivity contribution in [1.82, 2.24) is 15.5 Å². The second kappa shape index (κ2) is 5.70. The van der Waals surface area contributed by atoms with Crippen molar-refractivity contribution in [2.75, 3.05) is 6.54 Å². The lowest BCUT2D eigenvalue weighted by Gasteiger charge is -2.19. The number of hydrogen-bond donors (Lipinski definition) is 1. The minimum absolute atomic E-state index is 0.412. The van der Waals surface area contributed by atoms with Crippen molar-refractivity contribution in [3.8, 4) is 0 Å². The van der Waals surface area contributed by atoms with Crippen LogP contribution in [0.4, 0.5) is 0 Å². The first kappa shape index (κ1) is 11.1. The SMILES string of the molecule is CCNC(CC(C)C)c1ccnnc1. The molecular formula is C11H19N3. The summed E-state index contributed by atoms with van der Waals surface area (Å²) in [6.07, 6.45) is 4.73. The maximum atomic E-state index is 3.91. The zero-order valence-electron chi connectivity index (χ0n) is 9.20. The van der Waals surface area contributed by atoms with Gasteiger partial charge in [-0.3, -0.25) is 0 Å². The summed E-state index contributed by atoms with van der Waals surface area (Å²) in [6.45, 7) is 7.58. The molecule has 0 fully saturated rings. The van der Waals surface area contributed by atoms with E-state index in [-0.39, 0.29) is 0 Å². The molecule has 0 radical (unpaired) electrons. The van der Waals surface area contributed by atoms with E-state index in [1.54, 1.807) is 6.20 Å². The first-order valence-corrected chi connectivity index (χ1v) is 5.24. The van der Waals surface area contributed by atoms with Gasteiger partial charge in [0.25, 0.3) is 0 Å². The van der Waals surface area contributed by atoms with Crippen LogP contribution in [0.25, 0.3) is 0 Å². The molecular weight excluding hydrogens is 174 g/mol. The van der Waals surface area contributed by atoms with Gasteiger partial charge in [0.05, 0.1) is 6.20 Å². The zero-order valence-corrected chi connectivity index (χ0v) is 9.20. The lowest BCUT2D eigenvalue weighted by atomic mass is 9.98. The van der Waals surface area contributed by atoms with Crippen molar-refractivity contribution in [3.63, 3.8) is 0 Å². The monoisotopic (exact) mass is 193 g/mol. The van der Waals surface area contributed by atoms with Crippen molar-refractivity contribution >= 4 is 0 Å². The minimum atomic E-state index is 0.412. The fraction of sp³-hybridized carbons (Fsp3) is 0.636. The molecule has 1 aromatic rings. The van der Waals surface area contributed by atoms with Gasteiger partial charge in [0, 0.05) is 12.2 Å². The Hall–Kier alpha value is -0.960. The van der Waals surface area contributed by atoms with Crippen LogP contribution in [0.3, 0.4) is 0 Å². The second-order valence-corrected chi connectivity index (χ2v) is 3.92. The van der Waals surface area contributed by atoms with Gasteiger partial charge in [-0.05, 0) is 30.5 Å². The Labute approximate surface area is 85.9 Å². The van der Waals surface area contributed by atoms with E-state index in [2.05, 4.69) is 36.3 Å². The molecule has 0 aliphatic heterocycles. The topological polar surface area (TPSA) is 37.8 Å². The zero-order chi connectivity index (χ0) is 10.4. The van der Waals surface area contributed by atoms with Crippen molar-refractivity contribution < 1.29 is 0 Å². The quantitative estimate of drug-likeness (QED) is 0.778. The second-order valence-electron chi connectivity index (χ2n) is 3.92. The van der Waals surface area contributed by atoms with Crippen molar-refractivity contribution in [3.05, 3.63) is 24.0 Å². The van der Waals surface area contributed by atoms with E-state index in [1.165, 1.54) is 5.56 Å². The third kappa shape index (κ3) is 3.42. The summed E-state index contributed by atoms with van der Waals surface area (Å²) in [5.41, 5.74) is 1.23. The first-order chi connectivity index (χ1) is 6.74. The molecule has 0 saturated heterocycles. The molecule has 1 aromatic heterocycles. The van der Waals surface area contributed by atoms with E-state index < -0.39 is 0 Å². The highest BCUT2D eigenvalue weighted by molar-refractivity contribution is 5.11. The first-order valence-electron chi connectivity index (χ1n) is 5.24. The summed E-state index contributed by atoms with van der Waals surface area (Å²) in [5.74, 6) is 0.687. The Bertz CT molecular complexity index is 246. The molecule has 0 aromatic carbocycles. The lowest BCUT2D eigenvalue weighted by Crippen LogP contribution is -2.22. The van der Waals surface area contributed by atoms with Crippen LogP contribution in [0.1, 0.15) is 38.8 Å². The summed E-state index contributed by atoms with van der Waals surface area (Å²) in [6, 6.07) is 2.44. The Balaban J connectivity index is 2.67. The molecule has 1 heterocycles. The smallest absolute Gasteiger partial charge is 0.0544 e. The number of nitrogens with one attached hydrogen (secondary N) is 1. The third-order valence-electron chi connectivity index (χ3n) is 2.17. The van der Waals surface area contributed by atoms with Gasteiger partial charge in [-0.25, -0.2) is 0 Å². The highest BCUT2D eigenvalue weighted by Crippen LogP contribution is 2.19. The summed E-state index contributed by atoms with van der Waals surface area (Å²) >= 11 is 0. The summed E-state index contributed by atoms with van der Waals surface area (Å²) < 4.78 is 0. The third-order valence-corrected chi connectivity index (χ3v) is 2.17. The Kier molecular flexibility index (Phi) is 4.53. The normalized spacial score (nSPS) is 13.1. The van der Waals surface area contributed by atoms with Crippen molar-refractivity contribution in [1.29, 1.82) is 0 Å². The van der Waals surface area contributed by atoms with Crippen LogP contribution in [0.5, 0.6) is 0 Å². The molecule has 3 heteroatoms. The summed E-state index contributed by atoms with van der Waals surface area (Å²) in [4.78, 5) is 0. The van der Waals surface area contributed by atoms with Gasteiger partial charge in [-0.2, -0.15) is 10.2 Å². The van der Waals surface area contributed by atoms with Crippen LogP contribution in [-0.2, 0) is 0 Å². The van der Waals surface area contributed by atoms with Gasteiger partial charge in [0.2, 0.25) is 0 Å². The molecule has 0 aliphatic carbocycles. The molecule has 1 atom stereocenters. The molecule has 14 heavy (non-hydrogen) atoms. The number of nitrogens with zero attached hydrogens (tertiary/aromatic N) is 2. The molecule has 78 valence electrons. The highest BCUT2D eigenvalue weighted by Gasteiger charge is 2.11. The van der Waals surface area contributed by atoms with Crippen LogP contribution >= 0.6 is 0 Å². The Morgan fingerprint density at radius 1 is 1.36 bits per heavy atom. The predicted octanol–water partition coefficient (Wildman–Crippen LogP) is 2.17. The molecule has 1 N–H and O–H groups in total. The van der Waals surface area contributed by atoms with E-state index in [4.69, 9.17) is 0 Å². The van der Waals surface area contributed by atoms with Crippen molar-refractivity contribution in [2.45, 2.75) is 33.2 Å². The van der Waals surface area contributed by atoms with Crippen LogP contribution in [0.2, 0.25) is 0 Å². The number of rotatable bonds is 5. The fourth-order valence-corrected chi connectivity index (χ4v) is 1.56. The Morgan fingerprint density at radius 3 is 2.64 bits per heavy atom. The molecule has 0 amide bonds. The lowest BCUT2D eigenvalue weighted by molar-refractivity contribution is 0.437. The molecule has 0 spiro atoms. The van der Waals surface area contributed by atoms with Crippen LogP contribution in [-0.4, -0.2) is 16.7 Å². The van der Waals surface area contributed by atoms with Crippen LogP contribution in [0, 0.1) is 5.92 Å². The van der Waals surface area contributed by atoms with E-state index in [1.807, 2.05) is 12.3 Å². The van der Waals surface area contributed by atoms with Gasteiger partial charge in [-0.1, -0.05) is 20.8 Å². The van der Waals surface area contributed by atoms with E-state index in [0.29, 0.717) is 12.0 Å². The molecule has 0 saturated carbocycles. The van der Waals surface area contributed by atoms with Crippen LogP contribution in [0.15, 0.2) is 18.5 Å². The van der Waals surface area contributed by atoms with Gasteiger partial charge in [0.1, 0.15) is 0 Å². The van der Waals surface area contributed by atoms with E-state index in [0.717, 1.165) is 13.0 Å². The van der Waals surface area contributed by atoms with Gasteiger partial charge >= 0.3 is 0 Å². The largest absolute Gasteiger partial charge is 0.310 e. The van der Waals surface area contributed by atoms with Crippen molar-refractivity contribution in [2.24, 2.45) is 5.92 Å².